The molecule has 0 aromatic heterocycles. The summed E-state index contributed by atoms with van der Waals surface area (Å²) in [6, 6.07) is 0. The summed E-state index contributed by atoms with van der Waals surface area (Å²) < 4.78 is 54.0. The van der Waals surface area contributed by atoms with Crippen LogP contribution in [0.3, 0.4) is 0 Å². The van der Waals surface area contributed by atoms with Crippen LogP contribution in [-0.2, 0) is 36.2 Å². The molecule has 0 aliphatic rings. The van der Waals surface area contributed by atoms with E-state index in [0.717, 1.165) is 0 Å². The van der Waals surface area contributed by atoms with Gasteiger partial charge in [-0.3, -0.25) is 0 Å². The van der Waals surface area contributed by atoms with E-state index in [1.165, 1.54) is 0 Å². The SMILES string of the molecule is O.O=P(O)(O)OP(=O)(O)OOP(=O)(O)OP(=O)(O)O.[H-].[H-].[Na+].[Na+]. The molecule has 2 unspecified atom stereocenters. The molecule has 0 saturated heterocycles. The smallest absolute Gasteiger partial charge is 1.00 e. The van der Waals surface area contributed by atoms with E-state index >= 15 is 0 Å². The third-order valence-electron chi connectivity index (χ3n) is 0.641. The van der Waals surface area contributed by atoms with E-state index < -0.39 is 31.3 Å². The fraction of sp³-hybridized carbons (Fsp3) is 0. The van der Waals surface area contributed by atoms with Crippen molar-refractivity contribution >= 4 is 31.3 Å². The van der Waals surface area contributed by atoms with E-state index in [9.17, 15) is 18.3 Å². The Morgan fingerprint density at radius 2 is 0.810 bits per heavy atom. The van der Waals surface area contributed by atoms with Crippen LogP contribution >= 0.6 is 31.3 Å². The van der Waals surface area contributed by atoms with Gasteiger partial charge in [-0.25, -0.2) is 18.3 Å². The first kappa shape index (κ1) is 31.3. The number of rotatable bonds is 7. The summed E-state index contributed by atoms with van der Waals surface area (Å²) in [5.74, 6) is 0. The van der Waals surface area contributed by atoms with Gasteiger partial charge in [0, 0.05) is 0 Å². The van der Waals surface area contributed by atoms with Gasteiger partial charge in [-0.15, -0.1) is 9.35 Å². The molecule has 0 aromatic carbocycles. The van der Waals surface area contributed by atoms with Crippen LogP contribution in [0.25, 0.3) is 0 Å². The maximum absolute atomic E-state index is 10.7. The Kier molecular flexibility index (Phi) is 16.6. The Bertz CT molecular complexity index is 434. The van der Waals surface area contributed by atoms with E-state index in [1.807, 2.05) is 0 Å². The van der Waals surface area contributed by atoms with E-state index in [4.69, 9.17) is 29.4 Å². The molecule has 0 spiro atoms. The van der Waals surface area contributed by atoms with Crippen LogP contribution in [0, 0.1) is 0 Å². The van der Waals surface area contributed by atoms with Gasteiger partial charge >= 0.3 is 90.4 Å². The first-order valence-electron chi connectivity index (χ1n) is 3.19. The summed E-state index contributed by atoms with van der Waals surface area (Å²) in [7, 11) is -22.2. The summed E-state index contributed by atoms with van der Waals surface area (Å²) in [5, 5.41) is 0. The molecule has 0 heterocycles. The molecule has 122 valence electrons. The molecule has 8 N–H and O–H groups in total. The Hall–Kier alpha value is 2.48. The minimum atomic E-state index is -5.63. The summed E-state index contributed by atoms with van der Waals surface area (Å²) in [6.45, 7) is 0. The van der Waals surface area contributed by atoms with Crippen molar-refractivity contribution in [2.24, 2.45) is 0 Å². The Morgan fingerprint density at radius 1 is 0.619 bits per heavy atom. The molecule has 0 radical (unpaired) electrons. The normalized spacial score (nSPS) is 17.2. The zero-order chi connectivity index (χ0) is 14.8. The zero-order valence-corrected chi connectivity index (χ0v) is 17.8. The van der Waals surface area contributed by atoms with E-state index in [2.05, 4.69) is 18.0 Å². The monoisotopic (exact) mass is 420 g/mol. The van der Waals surface area contributed by atoms with Crippen LogP contribution in [0.5, 0.6) is 0 Å². The molecule has 0 bridgehead atoms. The third kappa shape index (κ3) is 20.4. The van der Waals surface area contributed by atoms with Gasteiger partial charge in [0.1, 0.15) is 0 Å². The Morgan fingerprint density at radius 3 is 0.952 bits per heavy atom. The van der Waals surface area contributed by atoms with Crippen LogP contribution < -0.4 is 59.1 Å². The van der Waals surface area contributed by atoms with Crippen LogP contribution in [0.15, 0.2) is 0 Å². The number of hydrogen-bond donors (Lipinski definition) is 6. The van der Waals surface area contributed by atoms with Gasteiger partial charge in [0.15, 0.2) is 0 Å². The standard InChI is InChI=1S/2Na.H6O14P4.H2O.2H/c;;1-15(2,3)13-17(7,8)11-12-18(9,10)14-16(4,5)6;;;/h;;(H,7,8)(H,9,10)(H2,1,2,3)(H2,4,5,6);1H2;;/q2*+1;;;2*-1. The van der Waals surface area contributed by atoms with Crippen molar-refractivity contribution in [3.05, 3.63) is 0 Å². The van der Waals surface area contributed by atoms with Gasteiger partial charge in [0.2, 0.25) is 0 Å². The van der Waals surface area contributed by atoms with Crippen LogP contribution in [0.1, 0.15) is 2.85 Å². The molecule has 0 rings (SSSR count). The van der Waals surface area contributed by atoms with Gasteiger partial charge in [0.25, 0.3) is 0 Å². The predicted molar refractivity (Wildman–Crippen MR) is 53.9 cm³/mol. The molecule has 0 aromatic rings. The van der Waals surface area contributed by atoms with E-state index in [-0.39, 0.29) is 67.4 Å². The second-order valence-electron chi connectivity index (χ2n) is 2.23. The van der Waals surface area contributed by atoms with Crippen molar-refractivity contribution in [1.82, 2.24) is 0 Å². The molecule has 0 amide bonds. The second-order valence-corrected chi connectivity index (χ2v) is 7.67. The summed E-state index contributed by atoms with van der Waals surface area (Å²) in [5.41, 5.74) is 0. The summed E-state index contributed by atoms with van der Waals surface area (Å²) in [6.07, 6.45) is 0. The quantitative estimate of drug-likeness (QED) is 0.0968. The van der Waals surface area contributed by atoms with Gasteiger partial charge < -0.3 is 37.7 Å². The van der Waals surface area contributed by atoms with Crippen LogP contribution in [0.2, 0.25) is 0 Å². The Balaban J connectivity index is -0.000000144. The largest absolute Gasteiger partial charge is 1.00 e. The fourth-order valence-corrected chi connectivity index (χ4v) is 3.42. The molecule has 0 aliphatic heterocycles. The first-order chi connectivity index (χ1) is 7.62. The van der Waals surface area contributed by atoms with E-state index in [1.54, 1.807) is 0 Å². The molecule has 21 heavy (non-hydrogen) atoms. The van der Waals surface area contributed by atoms with Crippen LogP contribution in [0.4, 0.5) is 0 Å². The summed E-state index contributed by atoms with van der Waals surface area (Å²) in [4.78, 5) is 49.5. The average molecular weight is 420 g/mol. The fourth-order valence-electron chi connectivity index (χ4n) is 0.380. The molecule has 21 heteroatoms. The molecule has 15 nitrogen and oxygen atoms in total. The third-order valence-corrected chi connectivity index (χ3v) is 4.64. The van der Waals surface area contributed by atoms with Gasteiger partial charge in [0.05, 0.1) is 0 Å². The van der Waals surface area contributed by atoms with Crippen molar-refractivity contribution in [3.8, 4) is 0 Å². The Labute approximate surface area is 163 Å². The van der Waals surface area contributed by atoms with Crippen molar-refractivity contribution in [1.29, 1.82) is 0 Å². The van der Waals surface area contributed by atoms with Gasteiger partial charge in [-0.05, 0) is 0 Å². The minimum absolute atomic E-state index is 0. The second kappa shape index (κ2) is 11.2. The first-order valence-corrected chi connectivity index (χ1v) is 9.24. The summed E-state index contributed by atoms with van der Waals surface area (Å²) >= 11 is 0. The molecule has 0 saturated carbocycles. The maximum Gasteiger partial charge on any atom is 1.00 e. The van der Waals surface area contributed by atoms with Gasteiger partial charge in [-0.2, -0.15) is 8.62 Å². The van der Waals surface area contributed by atoms with Crippen molar-refractivity contribution < 1.29 is 133 Å². The van der Waals surface area contributed by atoms with Crippen molar-refractivity contribution in [2.45, 2.75) is 0 Å². The molecular weight excluding hydrogens is 410 g/mol. The molecule has 2 atom stereocenters. The van der Waals surface area contributed by atoms with E-state index in [0.29, 0.717) is 0 Å². The van der Waals surface area contributed by atoms with Crippen molar-refractivity contribution in [2.75, 3.05) is 0 Å². The minimum Gasteiger partial charge on any atom is -1.00 e. The number of phosphoric acid groups is 4. The zero-order valence-electron chi connectivity index (χ0n) is 12.2. The predicted octanol–water partition coefficient (Wildman–Crippen LogP) is -7.24. The maximum atomic E-state index is 10.7. The van der Waals surface area contributed by atoms with Gasteiger partial charge in [-0.1, -0.05) is 0 Å². The molecular formula is H10Na2O15P4. The average Bonchev–Trinajstić information content (AvgIpc) is 1.91. The number of hydrogen-bond acceptors (Lipinski definition) is 8. The van der Waals surface area contributed by atoms with Crippen LogP contribution in [-0.4, -0.2) is 34.8 Å². The molecule has 0 fully saturated rings. The topological polar surface area (TPSA) is 258 Å². The molecule has 0 aliphatic carbocycles. The van der Waals surface area contributed by atoms with Crippen molar-refractivity contribution in [3.63, 3.8) is 0 Å².